The van der Waals surface area contributed by atoms with Gasteiger partial charge in [0.15, 0.2) is 12.4 Å². The lowest BCUT2D eigenvalue weighted by Gasteiger charge is -2.29. The molecule has 0 aliphatic carbocycles. The zero-order chi connectivity index (χ0) is 28.7. The summed E-state index contributed by atoms with van der Waals surface area (Å²) >= 11 is 1.14. The van der Waals surface area contributed by atoms with Crippen LogP contribution in [0, 0.1) is 20.8 Å². The summed E-state index contributed by atoms with van der Waals surface area (Å²) in [6.45, 7) is 11.1. The minimum Gasteiger partial charge on any atom is -0.482 e. The second-order valence-corrected chi connectivity index (χ2v) is 10.8. The van der Waals surface area contributed by atoms with Crippen LogP contribution in [0.25, 0.3) is 10.2 Å². The first-order chi connectivity index (χ1) is 19.1. The standard InChI is InChI=1S/C30H28N4O5S/c1-6-11-33-22-13-20(8-10-23(22)39-14-24(33)35)26(36)19(5)34-15-31-29-25(30(34)38)18(4)27(40-29)28(37)32-21-9-7-16(2)12-17(21)3/h6-10,12-13,15,19H,1,11,14H2,2-5H3,(H,32,37). The summed E-state index contributed by atoms with van der Waals surface area (Å²) in [6, 6.07) is 9.72. The third kappa shape index (κ3) is 4.71. The van der Waals surface area contributed by atoms with Crippen molar-refractivity contribution in [2.75, 3.05) is 23.4 Å². The molecular weight excluding hydrogens is 528 g/mol. The molecule has 2 amide bonds. The molecule has 1 N–H and O–H groups in total. The summed E-state index contributed by atoms with van der Waals surface area (Å²) in [6.07, 6.45) is 2.94. The molecule has 1 aliphatic heterocycles. The van der Waals surface area contributed by atoms with E-state index in [1.54, 1.807) is 38.1 Å². The van der Waals surface area contributed by atoms with Crippen molar-refractivity contribution in [3.63, 3.8) is 0 Å². The highest BCUT2D eigenvalue weighted by Gasteiger charge is 2.28. The average Bonchev–Trinajstić information content (AvgIpc) is 3.28. The third-order valence-corrected chi connectivity index (χ3v) is 8.21. The van der Waals surface area contributed by atoms with Crippen molar-refractivity contribution in [1.29, 1.82) is 0 Å². The number of thiophene rings is 1. The lowest BCUT2D eigenvalue weighted by Crippen LogP contribution is -2.39. The summed E-state index contributed by atoms with van der Waals surface area (Å²) in [5, 5.41) is 3.23. The van der Waals surface area contributed by atoms with Crippen LogP contribution >= 0.6 is 11.3 Å². The number of carbonyl (C=O) groups is 3. The fourth-order valence-corrected chi connectivity index (χ4v) is 5.85. The Morgan fingerprint density at radius 2 is 1.95 bits per heavy atom. The van der Waals surface area contributed by atoms with Gasteiger partial charge in [0.2, 0.25) is 0 Å². The van der Waals surface area contributed by atoms with Crippen molar-refractivity contribution in [2.45, 2.75) is 33.7 Å². The number of rotatable bonds is 7. The molecule has 1 aliphatic rings. The van der Waals surface area contributed by atoms with Crippen LogP contribution in [0.4, 0.5) is 11.4 Å². The molecule has 9 nitrogen and oxygen atoms in total. The van der Waals surface area contributed by atoms with Crippen LogP contribution in [-0.4, -0.2) is 40.3 Å². The molecule has 0 saturated heterocycles. The maximum Gasteiger partial charge on any atom is 0.266 e. The molecule has 5 rings (SSSR count). The summed E-state index contributed by atoms with van der Waals surface area (Å²) in [5.74, 6) is -0.395. The van der Waals surface area contributed by atoms with Gasteiger partial charge in [0.05, 0.1) is 28.3 Å². The Kier molecular flexibility index (Phi) is 7.12. The summed E-state index contributed by atoms with van der Waals surface area (Å²) < 4.78 is 6.79. The van der Waals surface area contributed by atoms with E-state index >= 15 is 0 Å². The van der Waals surface area contributed by atoms with Crippen molar-refractivity contribution >= 4 is 50.5 Å². The van der Waals surface area contributed by atoms with Gasteiger partial charge in [-0.2, -0.15) is 0 Å². The van der Waals surface area contributed by atoms with Gasteiger partial charge in [0.1, 0.15) is 10.6 Å². The largest absolute Gasteiger partial charge is 0.482 e. The number of carbonyl (C=O) groups excluding carboxylic acids is 3. The molecular formula is C30H28N4O5S. The second-order valence-electron chi connectivity index (χ2n) is 9.77. The maximum atomic E-state index is 13.6. The molecule has 4 aromatic rings. The molecule has 10 heteroatoms. The number of fused-ring (bicyclic) bond motifs is 2. The zero-order valence-corrected chi connectivity index (χ0v) is 23.4. The third-order valence-electron chi connectivity index (χ3n) is 7.01. The highest BCUT2D eigenvalue weighted by Crippen LogP contribution is 2.34. The van der Waals surface area contributed by atoms with E-state index in [0.29, 0.717) is 43.3 Å². The Balaban J connectivity index is 1.46. The lowest BCUT2D eigenvalue weighted by atomic mass is 10.0. The van der Waals surface area contributed by atoms with Crippen LogP contribution < -0.4 is 20.5 Å². The Morgan fingerprint density at radius 1 is 1.18 bits per heavy atom. The van der Waals surface area contributed by atoms with Gasteiger partial charge in [0, 0.05) is 17.8 Å². The predicted octanol–water partition coefficient (Wildman–Crippen LogP) is 4.99. The number of ketones is 1. The smallest absolute Gasteiger partial charge is 0.266 e. The number of Topliss-reactive ketones (excluding diaryl/α,β-unsaturated/α-hetero) is 1. The van der Waals surface area contributed by atoms with Crippen molar-refractivity contribution < 1.29 is 19.1 Å². The van der Waals surface area contributed by atoms with Gasteiger partial charge in [-0.1, -0.05) is 23.8 Å². The fourth-order valence-electron chi connectivity index (χ4n) is 4.81. The molecule has 0 fully saturated rings. The number of anilines is 2. The van der Waals surface area contributed by atoms with E-state index in [9.17, 15) is 19.2 Å². The highest BCUT2D eigenvalue weighted by atomic mass is 32.1. The van der Waals surface area contributed by atoms with Crippen LogP contribution in [-0.2, 0) is 4.79 Å². The number of ether oxygens (including phenoxy) is 1. The minimum atomic E-state index is -0.887. The molecule has 0 spiro atoms. The van der Waals surface area contributed by atoms with Crippen LogP contribution in [0.2, 0.25) is 0 Å². The number of benzene rings is 2. The van der Waals surface area contributed by atoms with Crippen molar-refractivity contribution in [3.8, 4) is 5.75 Å². The van der Waals surface area contributed by atoms with Gasteiger partial charge in [0.25, 0.3) is 17.4 Å². The van der Waals surface area contributed by atoms with Gasteiger partial charge in [-0.05, 0) is 63.1 Å². The van der Waals surface area contributed by atoms with E-state index in [2.05, 4.69) is 16.9 Å². The summed E-state index contributed by atoms with van der Waals surface area (Å²) in [5.41, 5.74) is 3.62. The Bertz CT molecular complexity index is 1770. The Labute approximate surface area is 234 Å². The second kappa shape index (κ2) is 10.5. The number of aromatic nitrogens is 2. The summed E-state index contributed by atoms with van der Waals surface area (Å²) in [7, 11) is 0. The first kappa shape index (κ1) is 27.0. The first-order valence-corrected chi connectivity index (χ1v) is 13.5. The van der Waals surface area contributed by atoms with E-state index < -0.39 is 11.6 Å². The number of hydrogen-bond acceptors (Lipinski definition) is 7. The molecule has 0 saturated carbocycles. The van der Waals surface area contributed by atoms with Gasteiger partial charge in [-0.15, -0.1) is 17.9 Å². The zero-order valence-electron chi connectivity index (χ0n) is 22.6. The molecule has 1 unspecified atom stereocenters. The topological polar surface area (TPSA) is 111 Å². The quantitative estimate of drug-likeness (QED) is 0.254. The number of aryl methyl sites for hydroxylation is 3. The van der Waals surface area contributed by atoms with E-state index in [1.165, 1.54) is 15.8 Å². The van der Waals surface area contributed by atoms with Crippen molar-refractivity contribution in [3.05, 3.63) is 92.9 Å². The molecule has 2 aromatic heterocycles. The van der Waals surface area contributed by atoms with E-state index in [4.69, 9.17) is 4.74 Å². The number of amides is 2. The van der Waals surface area contributed by atoms with Gasteiger partial charge in [-0.3, -0.25) is 23.7 Å². The predicted molar refractivity (Wildman–Crippen MR) is 156 cm³/mol. The van der Waals surface area contributed by atoms with E-state index in [1.807, 2.05) is 32.0 Å². The van der Waals surface area contributed by atoms with Crippen molar-refractivity contribution in [1.82, 2.24) is 9.55 Å². The van der Waals surface area contributed by atoms with Gasteiger partial charge >= 0.3 is 0 Å². The average molecular weight is 557 g/mol. The number of nitrogens with zero attached hydrogens (tertiary/aromatic N) is 3. The van der Waals surface area contributed by atoms with E-state index in [0.717, 1.165) is 22.5 Å². The Morgan fingerprint density at radius 3 is 2.67 bits per heavy atom. The number of nitrogens with one attached hydrogen (secondary N) is 1. The van der Waals surface area contributed by atoms with Gasteiger partial charge in [-0.25, -0.2) is 4.98 Å². The molecule has 3 heterocycles. The van der Waals surface area contributed by atoms with Crippen LogP contribution in [0.15, 0.2) is 60.2 Å². The molecule has 2 aromatic carbocycles. The van der Waals surface area contributed by atoms with Crippen LogP contribution in [0.5, 0.6) is 5.75 Å². The molecule has 40 heavy (non-hydrogen) atoms. The fraction of sp³-hybridized carbons (Fsp3) is 0.233. The van der Waals surface area contributed by atoms with E-state index in [-0.39, 0.29) is 30.7 Å². The summed E-state index contributed by atoms with van der Waals surface area (Å²) in [4.78, 5) is 59.3. The highest BCUT2D eigenvalue weighted by molar-refractivity contribution is 7.20. The molecule has 204 valence electrons. The minimum absolute atomic E-state index is 0.0871. The maximum absolute atomic E-state index is 13.6. The SMILES string of the molecule is C=CCN1C(=O)COc2ccc(C(=O)C(C)n3cnc4sc(C(=O)Nc5ccc(C)cc5C)c(C)c4c3=O)cc21. The van der Waals surface area contributed by atoms with Crippen LogP contribution in [0.3, 0.4) is 0 Å². The van der Waals surface area contributed by atoms with Crippen LogP contribution in [0.1, 0.15) is 49.7 Å². The monoisotopic (exact) mass is 556 g/mol. The first-order valence-electron chi connectivity index (χ1n) is 12.7. The van der Waals surface area contributed by atoms with Crippen molar-refractivity contribution in [2.24, 2.45) is 0 Å². The van der Waals surface area contributed by atoms with Gasteiger partial charge < -0.3 is 15.0 Å². The Hall–Kier alpha value is -4.57. The lowest BCUT2D eigenvalue weighted by molar-refractivity contribution is -0.121. The normalized spacial score (nSPS) is 13.5. The molecule has 0 bridgehead atoms. The molecule has 1 atom stereocenters. The number of hydrogen-bond donors (Lipinski definition) is 1. The molecule has 0 radical (unpaired) electrons.